The lowest BCUT2D eigenvalue weighted by Crippen LogP contribution is -2.52. The first-order valence-electron chi connectivity index (χ1n) is 9.02. The first kappa shape index (κ1) is 22.1. The van der Waals surface area contributed by atoms with E-state index in [9.17, 15) is 26.8 Å². The summed E-state index contributed by atoms with van der Waals surface area (Å²) in [7, 11) is -4.72. The third kappa shape index (κ3) is 4.04. The van der Waals surface area contributed by atoms with Gasteiger partial charge in [-0.15, -0.1) is 0 Å². The minimum absolute atomic E-state index is 0.0902. The van der Waals surface area contributed by atoms with Crippen molar-refractivity contribution in [2.24, 2.45) is 10.9 Å². The standard InChI is InChI=1S/C18H16F2N6O4S/c1-9(16-13(20)4-10(5-21)7-23-16)24-15(27)8-26-18(28)25-14-3-2-12(19)11(6-22)17(14)31(26,29)30/h2-3,7,9-10,13,16H,4,8H2,1H3,(H,24,27)(H,25,28)/t9-,10?,13?,16?/m1/s1. The maximum atomic E-state index is 14.3. The van der Waals surface area contributed by atoms with Gasteiger partial charge in [0.15, 0.2) is 0 Å². The molecular formula is C18H16F2N6O4S. The molecule has 31 heavy (non-hydrogen) atoms. The van der Waals surface area contributed by atoms with Crippen LogP contribution in [0.1, 0.15) is 18.9 Å². The number of nitrogens with zero attached hydrogens (tertiary/aromatic N) is 4. The number of benzene rings is 1. The van der Waals surface area contributed by atoms with Crippen molar-refractivity contribution >= 4 is 33.9 Å². The highest BCUT2D eigenvalue weighted by Crippen LogP contribution is 2.34. The second kappa shape index (κ2) is 8.28. The number of halogens is 2. The molecule has 0 saturated heterocycles. The zero-order chi connectivity index (χ0) is 22.9. The molecule has 0 radical (unpaired) electrons. The average molecular weight is 450 g/mol. The highest BCUT2D eigenvalue weighted by Gasteiger charge is 2.41. The van der Waals surface area contributed by atoms with Gasteiger partial charge in [-0.2, -0.15) is 10.5 Å². The van der Waals surface area contributed by atoms with Gasteiger partial charge in [-0.3, -0.25) is 9.79 Å². The summed E-state index contributed by atoms with van der Waals surface area (Å²) in [5, 5.41) is 22.6. The Kier molecular flexibility index (Phi) is 5.90. The van der Waals surface area contributed by atoms with E-state index in [1.165, 1.54) is 19.2 Å². The van der Waals surface area contributed by atoms with Gasteiger partial charge in [0.1, 0.15) is 41.1 Å². The molecule has 2 N–H and O–H groups in total. The number of carbonyl (C=O) groups is 2. The predicted octanol–water partition coefficient (Wildman–Crippen LogP) is 1.06. The maximum Gasteiger partial charge on any atom is 0.336 e. The lowest BCUT2D eigenvalue weighted by atomic mass is 9.93. The summed E-state index contributed by atoms with van der Waals surface area (Å²) in [5.41, 5.74) is -1.07. The summed E-state index contributed by atoms with van der Waals surface area (Å²) < 4.78 is 54.0. The van der Waals surface area contributed by atoms with Crippen LogP contribution >= 0.6 is 0 Å². The van der Waals surface area contributed by atoms with Gasteiger partial charge in [0, 0.05) is 12.6 Å². The van der Waals surface area contributed by atoms with Crippen molar-refractivity contribution in [3.63, 3.8) is 0 Å². The molecule has 3 unspecified atom stereocenters. The number of carbonyl (C=O) groups excluding carboxylic acids is 2. The molecule has 1 aromatic rings. The number of hydrogen-bond acceptors (Lipinski definition) is 7. The van der Waals surface area contributed by atoms with Gasteiger partial charge in [-0.25, -0.2) is 26.3 Å². The van der Waals surface area contributed by atoms with Crippen LogP contribution in [0.2, 0.25) is 0 Å². The molecule has 0 spiro atoms. The van der Waals surface area contributed by atoms with E-state index in [0.717, 1.165) is 12.1 Å². The van der Waals surface area contributed by atoms with E-state index in [1.54, 1.807) is 0 Å². The molecule has 2 aliphatic heterocycles. The third-order valence-corrected chi connectivity index (χ3v) is 6.69. The van der Waals surface area contributed by atoms with Crippen LogP contribution < -0.4 is 10.6 Å². The third-order valence-electron chi connectivity index (χ3n) is 4.88. The van der Waals surface area contributed by atoms with Crippen molar-refractivity contribution in [3.05, 3.63) is 23.5 Å². The van der Waals surface area contributed by atoms with Gasteiger partial charge in [0.05, 0.1) is 23.7 Å². The molecule has 0 aromatic heterocycles. The molecule has 0 bridgehead atoms. The summed E-state index contributed by atoms with van der Waals surface area (Å²) >= 11 is 0. The summed E-state index contributed by atoms with van der Waals surface area (Å²) in [6, 6.07) is 2.14. The van der Waals surface area contributed by atoms with Crippen LogP contribution in [0.15, 0.2) is 22.0 Å². The fourth-order valence-corrected chi connectivity index (χ4v) is 4.94. The first-order chi connectivity index (χ1) is 14.6. The lowest BCUT2D eigenvalue weighted by molar-refractivity contribution is -0.121. The topological polar surface area (TPSA) is 156 Å². The number of amides is 3. The molecule has 2 heterocycles. The minimum Gasteiger partial charge on any atom is -0.350 e. The second-order valence-corrected chi connectivity index (χ2v) is 8.78. The van der Waals surface area contributed by atoms with E-state index in [2.05, 4.69) is 15.6 Å². The van der Waals surface area contributed by atoms with Crippen LogP contribution in [-0.4, -0.2) is 55.7 Å². The number of rotatable bonds is 4. The molecule has 0 saturated carbocycles. The number of alkyl halides is 1. The van der Waals surface area contributed by atoms with E-state index in [0.29, 0.717) is 0 Å². The van der Waals surface area contributed by atoms with Crippen LogP contribution in [0, 0.1) is 34.4 Å². The Labute approximate surface area is 176 Å². The van der Waals surface area contributed by atoms with E-state index in [-0.39, 0.29) is 16.4 Å². The Morgan fingerprint density at radius 2 is 2.16 bits per heavy atom. The number of urea groups is 1. The normalized spacial score (nSPS) is 24.9. The monoisotopic (exact) mass is 450 g/mol. The summed E-state index contributed by atoms with van der Waals surface area (Å²) in [6.45, 7) is 0.468. The highest BCUT2D eigenvalue weighted by molar-refractivity contribution is 7.90. The summed E-state index contributed by atoms with van der Waals surface area (Å²) in [4.78, 5) is 27.9. The van der Waals surface area contributed by atoms with Crippen LogP contribution in [0.4, 0.5) is 19.3 Å². The lowest BCUT2D eigenvalue weighted by Gasteiger charge is -2.31. The van der Waals surface area contributed by atoms with Crippen molar-refractivity contribution in [2.45, 2.75) is 36.5 Å². The van der Waals surface area contributed by atoms with Crippen LogP contribution in [-0.2, 0) is 14.8 Å². The van der Waals surface area contributed by atoms with E-state index >= 15 is 0 Å². The summed E-state index contributed by atoms with van der Waals surface area (Å²) in [5.74, 6) is -2.71. The molecule has 10 nitrogen and oxygen atoms in total. The molecule has 4 atom stereocenters. The molecule has 2 aliphatic rings. The van der Waals surface area contributed by atoms with Gasteiger partial charge < -0.3 is 10.6 Å². The van der Waals surface area contributed by atoms with Crippen LogP contribution in [0.3, 0.4) is 0 Å². The smallest absolute Gasteiger partial charge is 0.336 e. The molecule has 13 heteroatoms. The number of anilines is 1. The number of nitrogens with one attached hydrogen (secondary N) is 2. The van der Waals surface area contributed by atoms with Crippen molar-refractivity contribution < 1.29 is 26.8 Å². The van der Waals surface area contributed by atoms with Crippen LogP contribution in [0.5, 0.6) is 0 Å². The number of fused-ring (bicyclic) bond motifs is 1. The van der Waals surface area contributed by atoms with Crippen LogP contribution in [0.25, 0.3) is 0 Å². The summed E-state index contributed by atoms with van der Waals surface area (Å²) in [6.07, 6.45) is -0.298. The predicted molar refractivity (Wildman–Crippen MR) is 103 cm³/mol. The molecule has 0 aliphatic carbocycles. The van der Waals surface area contributed by atoms with Crippen molar-refractivity contribution in [2.75, 3.05) is 11.9 Å². The SMILES string of the molecule is C[C@@H](NC(=O)CN1C(=O)Nc2ccc(F)c(C#N)c2S1(=O)=O)C1N=CC(C#N)CC1F. The number of hydrogen-bond donors (Lipinski definition) is 2. The van der Waals surface area contributed by atoms with Crippen molar-refractivity contribution in [3.8, 4) is 12.1 Å². The zero-order valence-electron chi connectivity index (χ0n) is 16.0. The zero-order valence-corrected chi connectivity index (χ0v) is 16.9. The Hall–Kier alpha value is -3.58. The Balaban J connectivity index is 1.79. The highest BCUT2D eigenvalue weighted by atomic mass is 32.2. The quantitative estimate of drug-likeness (QED) is 0.699. The molecule has 3 rings (SSSR count). The van der Waals surface area contributed by atoms with E-state index < -0.39 is 69.0 Å². The van der Waals surface area contributed by atoms with E-state index in [1.807, 2.05) is 6.07 Å². The van der Waals surface area contributed by atoms with Gasteiger partial charge in [0.2, 0.25) is 5.91 Å². The van der Waals surface area contributed by atoms with Gasteiger partial charge in [-0.05, 0) is 19.1 Å². The Morgan fingerprint density at radius 1 is 1.45 bits per heavy atom. The number of aliphatic imine (C=N–C) groups is 1. The fraction of sp³-hybridized carbons (Fsp3) is 0.389. The second-order valence-electron chi connectivity index (χ2n) is 6.98. The van der Waals surface area contributed by atoms with Crippen molar-refractivity contribution in [1.82, 2.24) is 9.62 Å². The largest absolute Gasteiger partial charge is 0.350 e. The Bertz CT molecular complexity index is 1160. The number of sulfonamides is 1. The average Bonchev–Trinajstić information content (AvgIpc) is 2.71. The molecule has 1 aromatic carbocycles. The molecule has 3 amide bonds. The van der Waals surface area contributed by atoms with Gasteiger partial charge >= 0.3 is 6.03 Å². The molecular weight excluding hydrogens is 434 g/mol. The van der Waals surface area contributed by atoms with Gasteiger partial charge in [-0.1, -0.05) is 0 Å². The Morgan fingerprint density at radius 3 is 2.77 bits per heavy atom. The maximum absolute atomic E-state index is 14.3. The fourth-order valence-electron chi connectivity index (χ4n) is 3.37. The minimum atomic E-state index is -4.72. The van der Waals surface area contributed by atoms with Crippen molar-refractivity contribution in [1.29, 1.82) is 10.5 Å². The molecule has 0 fully saturated rings. The molecule has 162 valence electrons. The first-order valence-corrected chi connectivity index (χ1v) is 10.5. The van der Waals surface area contributed by atoms with Gasteiger partial charge in [0.25, 0.3) is 10.0 Å². The van der Waals surface area contributed by atoms with E-state index in [4.69, 9.17) is 10.5 Å². The number of nitriles is 2.